The molecule has 7 heteroatoms. The van der Waals surface area contributed by atoms with Gasteiger partial charge in [-0.25, -0.2) is 0 Å². The zero-order valence-electron chi connectivity index (χ0n) is 10.5. The fourth-order valence-electron chi connectivity index (χ4n) is 1.97. The molecule has 0 aliphatic heterocycles. The van der Waals surface area contributed by atoms with Crippen LogP contribution in [-0.4, -0.2) is 36.7 Å². The Morgan fingerprint density at radius 1 is 1.37 bits per heavy atom. The minimum atomic E-state index is -0.484. The van der Waals surface area contributed by atoms with Crippen LogP contribution in [0.3, 0.4) is 0 Å². The minimum absolute atomic E-state index is 0.0451. The molecule has 3 unspecified atom stereocenters. The number of hydrogen-bond donors (Lipinski definition) is 0. The summed E-state index contributed by atoms with van der Waals surface area (Å²) in [5, 5.41) is 10.6. The smallest absolute Gasteiger partial charge is 0.273 e. The van der Waals surface area contributed by atoms with Crippen molar-refractivity contribution in [1.82, 2.24) is 0 Å². The second-order valence-electron chi connectivity index (χ2n) is 4.20. The number of nitrogens with zero attached hydrogens (tertiary/aromatic N) is 1. The van der Waals surface area contributed by atoms with Gasteiger partial charge in [-0.3, -0.25) is 10.1 Å². The van der Waals surface area contributed by atoms with Crippen LogP contribution in [0.25, 0.3) is 0 Å². The van der Waals surface area contributed by atoms with E-state index in [0.717, 1.165) is 0 Å². The van der Waals surface area contributed by atoms with Crippen molar-refractivity contribution in [3.8, 4) is 11.5 Å². The van der Waals surface area contributed by atoms with E-state index >= 15 is 0 Å². The summed E-state index contributed by atoms with van der Waals surface area (Å²) in [4.78, 5) is 10.2. The Morgan fingerprint density at radius 2 is 2.11 bits per heavy atom. The lowest BCUT2D eigenvalue weighted by Gasteiger charge is -2.39. The fraction of sp³-hybridized carbons (Fsp3) is 0.500. The molecule has 0 heterocycles. The van der Waals surface area contributed by atoms with Gasteiger partial charge in [0.25, 0.3) is 5.69 Å². The SMILES string of the molecule is COc1cc([N+](=O)[O-])ccc1OC1CC(Cl)C1OC. The summed E-state index contributed by atoms with van der Waals surface area (Å²) < 4.78 is 16.0. The topological polar surface area (TPSA) is 70.8 Å². The van der Waals surface area contributed by atoms with Gasteiger partial charge in [0.2, 0.25) is 0 Å². The molecule has 1 aliphatic carbocycles. The predicted molar refractivity (Wildman–Crippen MR) is 69.1 cm³/mol. The monoisotopic (exact) mass is 287 g/mol. The maximum atomic E-state index is 10.7. The predicted octanol–water partition coefficient (Wildman–Crippen LogP) is 2.38. The van der Waals surface area contributed by atoms with Gasteiger partial charge in [-0.05, 0) is 6.07 Å². The number of halogens is 1. The molecule has 104 valence electrons. The van der Waals surface area contributed by atoms with E-state index in [2.05, 4.69) is 0 Å². The van der Waals surface area contributed by atoms with Crippen LogP contribution in [0.5, 0.6) is 11.5 Å². The largest absolute Gasteiger partial charge is 0.493 e. The summed E-state index contributed by atoms with van der Waals surface area (Å²) in [6.07, 6.45) is 0.324. The van der Waals surface area contributed by atoms with Crippen molar-refractivity contribution in [2.75, 3.05) is 14.2 Å². The highest BCUT2D eigenvalue weighted by molar-refractivity contribution is 6.21. The van der Waals surface area contributed by atoms with E-state index in [9.17, 15) is 10.1 Å². The molecule has 0 saturated heterocycles. The van der Waals surface area contributed by atoms with Crippen LogP contribution in [0.2, 0.25) is 0 Å². The molecule has 19 heavy (non-hydrogen) atoms. The van der Waals surface area contributed by atoms with Crippen LogP contribution in [0.1, 0.15) is 6.42 Å². The lowest BCUT2D eigenvalue weighted by Crippen LogP contribution is -2.52. The highest BCUT2D eigenvalue weighted by Gasteiger charge is 2.42. The van der Waals surface area contributed by atoms with Crippen molar-refractivity contribution < 1.29 is 19.1 Å². The molecule has 0 amide bonds. The third-order valence-corrected chi connectivity index (χ3v) is 3.52. The maximum Gasteiger partial charge on any atom is 0.273 e. The third-order valence-electron chi connectivity index (χ3n) is 3.09. The molecule has 1 aliphatic rings. The molecule has 0 aromatic heterocycles. The zero-order valence-corrected chi connectivity index (χ0v) is 11.3. The van der Waals surface area contributed by atoms with Gasteiger partial charge in [-0.2, -0.15) is 0 Å². The Bertz CT molecular complexity index is 481. The van der Waals surface area contributed by atoms with Crippen molar-refractivity contribution in [3.05, 3.63) is 28.3 Å². The van der Waals surface area contributed by atoms with E-state index in [-0.39, 0.29) is 23.3 Å². The molecule has 3 atom stereocenters. The first-order valence-corrected chi connectivity index (χ1v) is 6.16. The summed E-state index contributed by atoms with van der Waals surface area (Å²) in [6, 6.07) is 4.22. The van der Waals surface area contributed by atoms with E-state index in [4.69, 9.17) is 25.8 Å². The van der Waals surface area contributed by atoms with Gasteiger partial charge in [0.1, 0.15) is 12.2 Å². The molecular weight excluding hydrogens is 274 g/mol. The standard InChI is InChI=1S/C12H14ClNO5/c1-17-10-5-7(14(15)16)3-4-9(10)19-11-6-8(13)12(11)18-2/h3-5,8,11-12H,6H2,1-2H3. The summed E-state index contributed by atoms with van der Waals surface area (Å²) in [7, 11) is 3.01. The Labute approximate surface area is 115 Å². The Hall–Kier alpha value is -1.53. The minimum Gasteiger partial charge on any atom is -0.493 e. The van der Waals surface area contributed by atoms with Crippen LogP contribution in [0.15, 0.2) is 18.2 Å². The van der Waals surface area contributed by atoms with Crippen LogP contribution in [0.4, 0.5) is 5.69 Å². The van der Waals surface area contributed by atoms with Crippen molar-refractivity contribution in [2.24, 2.45) is 0 Å². The second-order valence-corrected chi connectivity index (χ2v) is 4.76. The van der Waals surface area contributed by atoms with E-state index in [0.29, 0.717) is 17.9 Å². The number of rotatable bonds is 5. The highest BCUT2D eigenvalue weighted by Crippen LogP contribution is 2.37. The lowest BCUT2D eigenvalue weighted by atomic mass is 9.91. The number of alkyl halides is 1. The van der Waals surface area contributed by atoms with Crippen LogP contribution in [0, 0.1) is 10.1 Å². The van der Waals surface area contributed by atoms with Crippen molar-refractivity contribution in [3.63, 3.8) is 0 Å². The van der Waals surface area contributed by atoms with Crippen LogP contribution < -0.4 is 9.47 Å². The van der Waals surface area contributed by atoms with E-state index in [1.807, 2.05) is 0 Å². The molecular formula is C12H14ClNO5. The van der Waals surface area contributed by atoms with Gasteiger partial charge >= 0.3 is 0 Å². The first kappa shape index (κ1) is 13.9. The van der Waals surface area contributed by atoms with Gasteiger partial charge in [-0.15, -0.1) is 11.6 Å². The molecule has 1 aromatic carbocycles. The number of benzene rings is 1. The van der Waals surface area contributed by atoms with Gasteiger partial charge < -0.3 is 14.2 Å². The average Bonchev–Trinajstić information content (AvgIpc) is 2.38. The molecule has 0 N–H and O–H groups in total. The van der Waals surface area contributed by atoms with Crippen molar-refractivity contribution in [1.29, 1.82) is 0 Å². The maximum absolute atomic E-state index is 10.7. The first-order chi connectivity index (χ1) is 9.06. The molecule has 2 rings (SSSR count). The Kier molecular flexibility index (Phi) is 4.11. The van der Waals surface area contributed by atoms with Gasteiger partial charge in [0, 0.05) is 19.6 Å². The molecule has 0 radical (unpaired) electrons. The van der Waals surface area contributed by atoms with Crippen LogP contribution >= 0.6 is 11.6 Å². The Morgan fingerprint density at radius 3 is 2.63 bits per heavy atom. The fourth-order valence-corrected chi connectivity index (χ4v) is 2.41. The summed E-state index contributed by atoms with van der Waals surface area (Å²) in [5.41, 5.74) is -0.0451. The van der Waals surface area contributed by atoms with Crippen LogP contribution in [-0.2, 0) is 4.74 Å². The quantitative estimate of drug-likeness (QED) is 0.472. The molecule has 1 fully saturated rings. The third kappa shape index (κ3) is 2.74. The number of nitro groups is 1. The number of non-ortho nitro benzene ring substituents is 1. The number of hydrogen-bond acceptors (Lipinski definition) is 5. The normalized spacial score (nSPS) is 25.5. The van der Waals surface area contributed by atoms with Gasteiger partial charge in [-0.1, -0.05) is 0 Å². The summed E-state index contributed by atoms with van der Waals surface area (Å²) in [5.74, 6) is 0.769. The van der Waals surface area contributed by atoms with Gasteiger partial charge in [0.05, 0.1) is 23.5 Å². The van der Waals surface area contributed by atoms with E-state index in [1.54, 1.807) is 7.11 Å². The van der Waals surface area contributed by atoms with Crippen molar-refractivity contribution >= 4 is 17.3 Å². The Balaban J connectivity index is 2.14. The summed E-state index contributed by atoms with van der Waals surface area (Å²) in [6.45, 7) is 0. The average molecular weight is 288 g/mol. The first-order valence-electron chi connectivity index (χ1n) is 5.72. The molecule has 0 bridgehead atoms. The highest BCUT2D eigenvalue weighted by atomic mass is 35.5. The van der Waals surface area contributed by atoms with Crippen molar-refractivity contribution in [2.45, 2.75) is 24.0 Å². The zero-order chi connectivity index (χ0) is 14.0. The van der Waals surface area contributed by atoms with Gasteiger partial charge in [0.15, 0.2) is 11.5 Å². The second kappa shape index (κ2) is 5.63. The molecule has 0 spiro atoms. The number of nitro benzene ring substituents is 1. The van der Waals surface area contributed by atoms with E-state index < -0.39 is 4.92 Å². The van der Waals surface area contributed by atoms with E-state index in [1.165, 1.54) is 25.3 Å². The number of ether oxygens (including phenoxy) is 3. The summed E-state index contributed by atoms with van der Waals surface area (Å²) >= 11 is 5.99. The lowest BCUT2D eigenvalue weighted by molar-refractivity contribution is -0.385. The molecule has 1 saturated carbocycles. The number of methoxy groups -OCH3 is 2. The molecule has 1 aromatic rings. The molecule has 6 nitrogen and oxygen atoms in total.